The van der Waals surface area contributed by atoms with Gasteiger partial charge in [-0.15, -0.1) is 0 Å². The number of halogens is 1. The van der Waals surface area contributed by atoms with Gasteiger partial charge in [-0.1, -0.05) is 0 Å². The van der Waals surface area contributed by atoms with Gasteiger partial charge in [0.05, 0.1) is 18.2 Å². The Labute approximate surface area is 154 Å². The number of ketones is 1. The molecule has 1 aromatic heterocycles. The topological polar surface area (TPSA) is 78.3 Å². The molecule has 25 heavy (non-hydrogen) atoms. The van der Waals surface area contributed by atoms with Gasteiger partial charge < -0.3 is 14.8 Å². The van der Waals surface area contributed by atoms with E-state index in [-0.39, 0.29) is 5.78 Å². The molecule has 1 N–H and O–H groups in total. The summed E-state index contributed by atoms with van der Waals surface area (Å²) < 4.78 is 13.6. The maximum absolute atomic E-state index is 12.3. The quantitative estimate of drug-likeness (QED) is 0.820. The van der Waals surface area contributed by atoms with Crippen LogP contribution in [0.25, 0.3) is 0 Å². The summed E-state index contributed by atoms with van der Waals surface area (Å²) in [7, 11) is 1.59. The number of nitrogens with zero attached hydrogens (tertiary/aromatic N) is 3. The maximum Gasteiger partial charge on any atom is 0.226 e. The van der Waals surface area contributed by atoms with E-state index in [9.17, 15) is 4.79 Å². The molecular weight excluding hydrogens is 388 g/mol. The summed E-state index contributed by atoms with van der Waals surface area (Å²) in [4.78, 5) is 16.5. The second-order valence-corrected chi connectivity index (χ2v) is 6.47. The van der Waals surface area contributed by atoms with Gasteiger partial charge in [0.15, 0.2) is 17.3 Å². The van der Waals surface area contributed by atoms with Crippen molar-refractivity contribution in [2.45, 2.75) is 26.8 Å². The molecule has 0 saturated heterocycles. The molecular formula is C17H19BrN4O3. The Morgan fingerprint density at radius 3 is 2.84 bits per heavy atom. The summed E-state index contributed by atoms with van der Waals surface area (Å²) in [5.74, 6) is 1.79. The highest BCUT2D eigenvalue weighted by molar-refractivity contribution is 9.10. The summed E-state index contributed by atoms with van der Waals surface area (Å²) >= 11 is 3.54. The van der Waals surface area contributed by atoms with Gasteiger partial charge in [0, 0.05) is 11.3 Å². The first-order valence-electron chi connectivity index (χ1n) is 7.86. The number of allylic oxidation sites excluding steroid dienone is 2. The smallest absolute Gasteiger partial charge is 0.226 e. The summed E-state index contributed by atoms with van der Waals surface area (Å²) in [5.41, 5.74) is 2.25. The molecule has 1 aliphatic heterocycles. The van der Waals surface area contributed by atoms with Gasteiger partial charge in [-0.25, -0.2) is 4.68 Å². The minimum absolute atomic E-state index is 0.0277. The third kappa shape index (κ3) is 3.02. The molecule has 0 amide bonds. The number of ether oxygens (including phenoxy) is 2. The summed E-state index contributed by atoms with van der Waals surface area (Å²) in [6.07, 6.45) is 1.46. The van der Waals surface area contributed by atoms with Gasteiger partial charge in [0.1, 0.15) is 12.4 Å². The first-order valence-corrected chi connectivity index (χ1v) is 8.65. The van der Waals surface area contributed by atoms with E-state index in [0.717, 1.165) is 15.7 Å². The monoisotopic (exact) mass is 406 g/mol. The predicted molar refractivity (Wildman–Crippen MR) is 97.0 cm³/mol. The van der Waals surface area contributed by atoms with E-state index < -0.39 is 6.04 Å². The fourth-order valence-electron chi connectivity index (χ4n) is 3.04. The molecule has 8 heteroatoms. The fraction of sp³-hybridized carbons (Fsp3) is 0.353. The third-order valence-electron chi connectivity index (χ3n) is 4.03. The van der Waals surface area contributed by atoms with Crippen molar-refractivity contribution in [3.63, 3.8) is 0 Å². The van der Waals surface area contributed by atoms with Gasteiger partial charge in [-0.05, 0) is 54.4 Å². The number of hydrogen-bond acceptors (Lipinski definition) is 6. The summed E-state index contributed by atoms with van der Waals surface area (Å²) in [6.45, 7) is 5.85. The standard InChI is InChI=1S/C17H19BrN4O3/c1-5-25-16-12(18)6-11(7-13(16)24-4)15-14(10(3)23)9(2)21-17-19-8-20-22(15)17/h6-8,15H,5H2,1-4H3,(H,19,20,21)/t15-/m1/s1. The minimum Gasteiger partial charge on any atom is -0.493 e. The number of hydrogen-bond donors (Lipinski definition) is 1. The Morgan fingerprint density at radius 1 is 1.44 bits per heavy atom. The highest BCUT2D eigenvalue weighted by atomic mass is 79.9. The number of carbonyl (C=O) groups excluding carboxylic acids is 1. The van der Waals surface area contributed by atoms with Crippen molar-refractivity contribution in [1.29, 1.82) is 0 Å². The van der Waals surface area contributed by atoms with Gasteiger partial charge in [-0.2, -0.15) is 10.1 Å². The number of anilines is 1. The first-order chi connectivity index (χ1) is 12.0. The van der Waals surface area contributed by atoms with Crippen molar-refractivity contribution in [2.24, 2.45) is 0 Å². The second kappa shape index (κ2) is 6.87. The van der Waals surface area contributed by atoms with E-state index in [0.29, 0.717) is 29.6 Å². The third-order valence-corrected chi connectivity index (χ3v) is 4.62. The summed E-state index contributed by atoms with van der Waals surface area (Å²) in [5, 5.41) is 7.42. The van der Waals surface area contributed by atoms with Crippen molar-refractivity contribution in [1.82, 2.24) is 14.8 Å². The SMILES string of the molecule is CCOc1c(Br)cc([C@@H]2C(C(C)=O)=C(C)Nc3ncnn32)cc1OC. The van der Waals surface area contributed by atoms with Crippen LogP contribution < -0.4 is 14.8 Å². The number of Topliss-reactive ketones (excluding diaryl/α,β-unsaturated/α-hetero) is 1. The highest BCUT2D eigenvalue weighted by Crippen LogP contribution is 2.42. The van der Waals surface area contributed by atoms with E-state index in [1.807, 2.05) is 26.0 Å². The second-order valence-electron chi connectivity index (χ2n) is 5.62. The normalized spacial score (nSPS) is 16.3. The average Bonchev–Trinajstić information content (AvgIpc) is 3.02. The lowest BCUT2D eigenvalue weighted by molar-refractivity contribution is -0.114. The molecule has 0 spiro atoms. The lowest BCUT2D eigenvalue weighted by atomic mass is 9.93. The largest absolute Gasteiger partial charge is 0.493 e. The van der Waals surface area contributed by atoms with Crippen LogP contribution >= 0.6 is 15.9 Å². The molecule has 0 unspecified atom stereocenters. The van der Waals surface area contributed by atoms with Crippen molar-refractivity contribution in [3.8, 4) is 11.5 Å². The molecule has 132 valence electrons. The van der Waals surface area contributed by atoms with Crippen LogP contribution in [0.3, 0.4) is 0 Å². The molecule has 3 rings (SSSR count). The van der Waals surface area contributed by atoms with Crippen LogP contribution in [0.15, 0.2) is 34.2 Å². The summed E-state index contributed by atoms with van der Waals surface area (Å²) in [6, 6.07) is 3.40. The van der Waals surface area contributed by atoms with Crippen LogP contribution in [0, 0.1) is 0 Å². The van der Waals surface area contributed by atoms with E-state index >= 15 is 0 Å². The fourth-order valence-corrected chi connectivity index (χ4v) is 3.61. The van der Waals surface area contributed by atoms with Crippen molar-refractivity contribution < 1.29 is 14.3 Å². The molecule has 1 atom stereocenters. The molecule has 0 aliphatic carbocycles. The van der Waals surface area contributed by atoms with Gasteiger partial charge in [0.2, 0.25) is 5.95 Å². The lowest BCUT2D eigenvalue weighted by Gasteiger charge is -2.28. The zero-order valence-corrected chi connectivity index (χ0v) is 16.0. The molecule has 1 aromatic carbocycles. The van der Waals surface area contributed by atoms with Gasteiger partial charge in [-0.3, -0.25) is 4.79 Å². The van der Waals surface area contributed by atoms with Gasteiger partial charge in [0.25, 0.3) is 0 Å². The first kappa shape index (κ1) is 17.5. The van der Waals surface area contributed by atoms with E-state index in [2.05, 4.69) is 31.3 Å². The average molecular weight is 407 g/mol. The molecule has 0 fully saturated rings. The lowest BCUT2D eigenvalue weighted by Crippen LogP contribution is -2.27. The zero-order chi connectivity index (χ0) is 18.1. The van der Waals surface area contributed by atoms with Crippen molar-refractivity contribution in [3.05, 3.63) is 39.8 Å². The predicted octanol–water partition coefficient (Wildman–Crippen LogP) is 3.33. The Hall–Kier alpha value is -2.35. The van der Waals surface area contributed by atoms with E-state index in [4.69, 9.17) is 9.47 Å². The molecule has 0 radical (unpaired) electrons. The Balaban J connectivity index is 2.20. The molecule has 2 aromatic rings. The van der Waals surface area contributed by atoms with Gasteiger partial charge >= 0.3 is 0 Å². The Kier molecular flexibility index (Phi) is 4.80. The van der Waals surface area contributed by atoms with Crippen LogP contribution in [0.5, 0.6) is 11.5 Å². The molecule has 7 nitrogen and oxygen atoms in total. The zero-order valence-electron chi connectivity index (χ0n) is 14.5. The van der Waals surface area contributed by atoms with Crippen LogP contribution in [-0.2, 0) is 4.79 Å². The maximum atomic E-state index is 12.3. The van der Waals surface area contributed by atoms with Crippen LogP contribution in [0.1, 0.15) is 32.4 Å². The number of fused-ring (bicyclic) bond motifs is 1. The molecule has 0 bridgehead atoms. The number of nitrogens with one attached hydrogen (secondary N) is 1. The van der Waals surface area contributed by atoms with Crippen LogP contribution in [0.4, 0.5) is 5.95 Å². The van der Waals surface area contributed by atoms with Crippen LogP contribution in [0.2, 0.25) is 0 Å². The number of carbonyl (C=O) groups is 1. The molecule has 1 aliphatic rings. The molecule has 2 heterocycles. The minimum atomic E-state index is -0.392. The van der Waals surface area contributed by atoms with E-state index in [1.54, 1.807) is 18.7 Å². The highest BCUT2D eigenvalue weighted by Gasteiger charge is 2.32. The van der Waals surface area contributed by atoms with Crippen LogP contribution in [-0.4, -0.2) is 34.3 Å². The van der Waals surface area contributed by atoms with E-state index in [1.165, 1.54) is 6.33 Å². The Morgan fingerprint density at radius 2 is 2.20 bits per heavy atom. The number of aromatic nitrogens is 3. The van der Waals surface area contributed by atoms with Crippen molar-refractivity contribution in [2.75, 3.05) is 19.0 Å². The Bertz CT molecular complexity index is 860. The molecule has 0 saturated carbocycles. The number of methoxy groups -OCH3 is 1. The number of rotatable bonds is 5. The number of benzene rings is 1. The van der Waals surface area contributed by atoms with Crippen molar-refractivity contribution >= 4 is 27.7 Å².